The molecule has 0 aliphatic carbocycles. The average molecular weight is 448 g/mol. The highest BCUT2D eigenvalue weighted by atomic mass is 32.2. The number of aromatic nitrogens is 4. The SMILES string of the molecule is C=C(OCC)c1ccc2nnc(Sc3ccc4ncc(CN5CCOCC5)cc4c3)n2c1. The van der Waals surface area contributed by atoms with Crippen LogP contribution in [0.1, 0.15) is 18.1 Å². The standard InChI is InChI=1S/C24H25N5O2S/c1-3-31-17(2)19-4-7-23-26-27-24(29(23)16-19)32-21-5-6-22-20(13-21)12-18(14-25-22)15-28-8-10-30-11-9-28/h4-7,12-14,16H,2-3,8-11,15H2,1H3. The molecule has 0 saturated carbocycles. The van der Waals surface area contributed by atoms with Gasteiger partial charge >= 0.3 is 0 Å². The summed E-state index contributed by atoms with van der Waals surface area (Å²) in [5, 5.41) is 10.6. The molecule has 0 radical (unpaired) electrons. The van der Waals surface area contributed by atoms with Gasteiger partial charge in [-0.25, -0.2) is 0 Å². The molecule has 1 fully saturated rings. The van der Waals surface area contributed by atoms with Gasteiger partial charge in [0.25, 0.3) is 0 Å². The molecule has 0 bridgehead atoms. The van der Waals surface area contributed by atoms with Gasteiger partial charge in [0.2, 0.25) is 0 Å². The van der Waals surface area contributed by atoms with Crippen molar-refractivity contribution < 1.29 is 9.47 Å². The summed E-state index contributed by atoms with van der Waals surface area (Å²) < 4.78 is 13.0. The molecular formula is C24H25N5O2S. The van der Waals surface area contributed by atoms with Crippen LogP contribution in [0.3, 0.4) is 0 Å². The molecule has 1 saturated heterocycles. The van der Waals surface area contributed by atoms with Gasteiger partial charge in [0.1, 0.15) is 5.76 Å². The molecule has 1 aliphatic rings. The Bertz CT molecular complexity index is 1270. The third-order valence-corrected chi connectivity index (χ3v) is 6.39. The Hall–Kier alpha value is -2.94. The van der Waals surface area contributed by atoms with Gasteiger partial charge in [-0.15, -0.1) is 10.2 Å². The number of pyridine rings is 2. The van der Waals surface area contributed by atoms with E-state index in [9.17, 15) is 0 Å². The lowest BCUT2D eigenvalue weighted by molar-refractivity contribution is 0.0341. The predicted octanol–water partition coefficient (Wildman–Crippen LogP) is 4.27. The van der Waals surface area contributed by atoms with Gasteiger partial charge in [-0.3, -0.25) is 14.3 Å². The van der Waals surface area contributed by atoms with Gasteiger partial charge in [-0.1, -0.05) is 6.58 Å². The van der Waals surface area contributed by atoms with Crippen LogP contribution >= 0.6 is 11.8 Å². The Morgan fingerprint density at radius 2 is 2.03 bits per heavy atom. The maximum absolute atomic E-state index is 5.55. The number of ether oxygens (including phenoxy) is 2. The van der Waals surface area contributed by atoms with E-state index in [1.54, 1.807) is 11.8 Å². The smallest absolute Gasteiger partial charge is 0.200 e. The topological polar surface area (TPSA) is 64.8 Å². The van der Waals surface area contributed by atoms with E-state index >= 15 is 0 Å². The van der Waals surface area contributed by atoms with Crippen molar-refractivity contribution in [3.63, 3.8) is 0 Å². The first-order valence-corrected chi connectivity index (χ1v) is 11.5. The summed E-state index contributed by atoms with van der Waals surface area (Å²) >= 11 is 1.58. The van der Waals surface area contributed by atoms with E-state index in [2.05, 4.69) is 50.9 Å². The highest BCUT2D eigenvalue weighted by Crippen LogP contribution is 2.30. The van der Waals surface area contributed by atoms with E-state index in [1.165, 1.54) is 5.56 Å². The van der Waals surface area contributed by atoms with E-state index in [1.807, 2.05) is 35.9 Å². The van der Waals surface area contributed by atoms with E-state index in [0.717, 1.165) is 65.0 Å². The second kappa shape index (κ2) is 9.28. The normalized spacial score (nSPS) is 14.8. The molecule has 5 rings (SSSR count). The van der Waals surface area contributed by atoms with Crippen molar-refractivity contribution in [2.75, 3.05) is 32.9 Å². The largest absolute Gasteiger partial charge is 0.494 e. The molecule has 8 heteroatoms. The lowest BCUT2D eigenvalue weighted by Gasteiger charge is -2.26. The number of nitrogens with zero attached hydrogens (tertiary/aromatic N) is 5. The maximum Gasteiger partial charge on any atom is 0.200 e. The van der Waals surface area contributed by atoms with Crippen LogP contribution in [-0.2, 0) is 16.0 Å². The zero-order valence-corrected chi connectivity index (χ0v) is 18.8. The predicted molar refractivity (Wildman–Crippen MR) is 126 cm³/mol. The first-order chi connectivity index (χ1) is 15.7. The lowest BCUT2D eigenvalue weighted by atomic mass is 10.1. The van der Waals surface area contributed by atoms with Crippen molar-refractivity contribution in [2.24, 2.45) is 0 Å². The fraction of sp³-hybridized carbons (Fsp3) is 0.292. The number of fused-ring (bicyclic) bond motifs is 2. The number of morpholine rings is 1. The zero-order chi connectivity index (χ0) is 21.9. The van der Waals surface area contributed by atoms with Crippen LogP contribution in [-0.4, -0.2) is 57.4 Å². The van der Waals surface area contributed by atoms with Crippen LogP contribution in [0.2, 0.25) is 0 Å². The quantitative estimate of drug-likeness (QED) is 0.392. The summed E-state index contributed by atoms with van der Waals surface area (Å²) in [5.74, 6) is 0.642. The van der Waals surface area contributed by atoms with Gasteiger partial charge in [0.15, 0.2) is 10.8 Å². The molecule has 32 heavy (non-hydrogen) atoms. The first-order valence-electron chi connectivity index (χ1n) is 10.7. The zero-order valence-electron chi connectivity index (χ0n) is 18.0. The van der Waals surface area contributed by atoms with Crippen LogP contribution in [0.4, 0.5) is 0 Å². The highest BCUT2D eigenvalue weighted by Gasteiger charge is 2.13. The number of rotatable bonds is 7. The van der Waals surface area contributed by atoms with Crippen molar-refractivity contribution in [1.82, 2.24) is 24.5 Å². The van der Waals surface area contributed by atoms with Crippen LogP contribution < -0.4 is 0 Å². The minimum atomic E-state index is 0.583. The number of hydrogen-bond acceptors (Lipinski definition) is 7. The molecule has 0 amide bonds. The maximum atomic E-state index is 5.55. The Morgan fingerprint density at radius 3 is 2.88 bits per heavy atom. The van der Waals surface area contributed by atoms with Gasteiger partial charge in [-0.2, -0.15) is 0 Å². The summed E-state index contributed by atoms with van der Waals surface area (Å²) in [6.07, 6.45) is 3.95. The van der Waals surface area contributed by atoms with E-state index in [0.29, 0.717) is 12.4 Å². The van der Waals surface area contributed by atoms with Crippen LogP contribution in [0.25, 0.3) is 22.3 Å². The molecule has 0 spiro atoms. The molecule has 164 valence electrons. The second-order valence-corrected chi connectivity index (χ2v) is 8.71. The number of benzene rings is 1. The second-order valence-electron chi connectivity index (χ2n) is 7.67. The molecule has 0 atom stereocenters. The van der Waals surface area contributed by atoms with Crippen molar-refractivity contribution in [1.29, 1.82) is 0 Å². The fourth-order valence-corrected chi connectivity index (χ4v) is 4.65. The van der Waals surface area contributed by atoms with Crippen molar-refractivity contribution in [3.05, 3.63) is 66.5 Å². The summed E-state index contributed by atoms with van der Waals surface area (Å²) in [5.41, 5.74) is 3.90. The minimum Gasteiger partial charge on any atom is -0.494 e. The summed E-state index contributed by atoms with van der Waals surface area (Å²) in [4.78, 5) is 8.15. The van der Waals surface area contributed by atoms with E-state index in [-0.39, 0.29) is 0 Å². The monoisotopic (exact) mass is 447 g/mol. The van der Waals surface area contributed by atoms with E-state index in [4.69, 9.17) is 9.47 Å². The fourth-order valence-electron chi connectivity index (χ4n) is 3.79. The minimum absolute atomic E-state index is 0.583. The van der Waals surface area contributed by atoms with Crippen molar-refractivity contribution in [2.45, 2.75) is 23.5 Å². The third-order valence-electron chi connectivity index (χ3n) is 5.44. The van der Waals surface area contributed by atoms with Crippen molar-refractivity contribution >= 4 is 34.1 Å². The molecule has 1 aliphatic heterocycles. The first kappa shape index (κ1) is 20.9. The van der Waals surface area contributed by atoms with Crippen LogP contribution in [0.15, 0.2) is 65.4 Å². The average Bonchev–Trinajstić information content (AvgIpc) is 3.21. The van der Waals surface area contributed by atoms with E-state index < -0.39 is 0 Å². The van der Waals surface area contributed by atoms with Crippen LogP contribution in [0, 0.1) is 0 Å². The Labute approximate surface area is 191 Å². The Kier molecular flexibility index (Phi) is 6.07. The van der Waals surface area contributed by atoms with Gasteiger partial charge in [0, 0.05) is 47.9 Å². The summed E-state index contributed by atoms with van der Waals surface area (Å²) in [6.45, 7) is 11.0. The van der Waals surface area contributed by atoms with Gasteiger partial charge in [-0.05, 0) is 60.6 Å². The molecule has 4 heterocycles. The van der Waals surface area contributed by atoms with Gasteiger partial charge < -0.3 is 9.47 Å². The highest BCUT2D eigenvalue weighted by molar-refractivity contribution is 7.99. The Morgan fingerprint density at radius 1 is 1.16 bits per heavy atom. The molecule has 7 nitrogen and oxygen atoms in total. The Balaban J connectivity index is 1.40. The summed E-state index contributed by atoms with van der Waals surface area (Å²) in [6, 6.07) is 12.4. The molecule has 4 aromatic rings. The molecule has 1 aromatic carbocycles. The molecule has 3 aromatic heterocycles. The number of hydrogen-bond donors (Lipinski definition) is 0. The molecular weight excluding hydrogens is 422 g/mol. The van der Waals surface area contributed by atoms with Gasteiger partial charge in [0.05, 0.1) is 25.3 Å². The van der Waals surface area contributed by atoms with Crippen LogP contribution in [0.5, 0.6) is 0 Å². The molecule has 0 unspecified atom stereocenters. The summed E-state index contributed by atoms with van der Waals surface area (Å²) in [7, 11) is 0. The molecule has 0 N–H and O–H groups in total. The lowest BCUT2D eigenvalue weighted by Crippen LogP contribution is -2.35. The third kappa shape index (κ3) is 4.48. The van der Waals surface area contributed by atoms with Crippen molar-refractivity contribution in [3.8, 4) is 0 Å².